The number of H-pyrrole nitrogens is 1. The number of ether oxygens (including phenoxy) is 1. The molecule has 2 aliphatic heterocycles. The Morgan fingerprint density at radius 1 is 1.17 bits per heavy atom. The van der Waals surface area contributed by atoms with Gasteiger partial charge in [-0.15, -0.1) is 0 Å². The average molecular weight is 355 g/mol. The van der Waals surface area contributed by atoms with Gasteiger partial charge >= 0.3 is 0 Å². The molecule has 0 radical (unpaired) electrons. The van der Waals surface area contributed by atoms with Crippen molar-refractivity contribution in [2.24, 2.45) is 11.7 Å². The molecule has 0 atom stereocenters. The van der Waals surface area contributed by atoms with Crippen molar-refractivity contribution in [3.63, 3.8) is 0 Å². The number of hydrogen-bond donors (Lipinski definition) is 1. The Labute approximate surface area is 141 Å². The Morgan fingerprint density at radius 3 is 2.38 bits per heavy atom. The highest BCUT2D eigenvalue weighted by atomic mass is 32.2. The molecule has 0 spiro atoms. The molecule has 0 aliphatic carbocycles. The van der Waals surface area contributed by atoms with Crippen molar-refractivity contribution in [2.75, 3.05) is 44.3 Å². The van der Waals surface area contributed by atoms with Crippen LogP contribution in [0.3, 0.4) is 0 Å². The highest BCUT2D eigenvalue weighted by Gasteiger charge is 2.30. The SMILES string of the molecule is NC(=O)C1CCN(c2ccc(S(=O)(=O)N3CCOCC3)c[nH+]2)CC1. The zero-order chi connectivity index (χ0) is 17.2. The quantitative estimate of drug-likeness (QED) is 0.763. The standard InChI is InChI=1S/C15H22N4O4S/c16-15(20)12-3-5-18(6-4-12)14-2-1-13(11-17-14)24(21,22)19-7-9-23-10-8-19/h1-2,11-12H,3-10H2,(H2,16,20)/p+1. The van der Waals surface area contributed by atoms with E-state index in [1.54, 1.807) is 12.1 Å². The minimum Gasteiger partial charge on any atom is -0.379 e. The van der Waals surface area contributed by atoms with E-state index < -0.39 is 10.0 Å². The van der Waals surface area contributed by atoms with Gasteiger partial charge in [-0.2, -0.15) is 4.31 Å². The average Bonchev–Trinajstić information content (AvgIpc) is 2.62. The fourth-order valence-corrected chi connectivity index (χ4v) is 4.48. The number of morpholine rings is 1. The summed E-state index contributed by atoms with van der Waals surface area (Å²) in [5.74, 6) is 0.534. The second-order valence-electron chi connectivity index (χ2n) is 6.09. The molecule has 0 unspecified atom stereocenters. The summed E-state index contributed by atoms with van der Waals surface area (Å²) in [5, 5.41) is 0. The Morgan fingerprint density at radius 2 is 1.83 bits per heavy atom. The molecule has 3 heterocycles. The summed E-state index contributed by atoms with van der Waals surface area (Å²) in [5.41, 5.74) is 5.34. The molecule has 1 aromatic heterocycles. The van der Waals surface area contributed by atoms with Crippen LogP contribution in [0.2, 0.25) is 0 Å². The van der Waals surface area contributed by atoms with Gasteiger partial charge in [-0.25, -0.2) is 13.4 Å². The Balaban J connectivity index is 1.68. The molecule has 0 bridgehead atoms. The van der Waals surface area contributed by atoms with Crippen molar-refractivity contribution in [3.8, 4) is 0 Å². The fraction of sp³-hybridized carbons (Fsp3) is 0.600. The van der Waals surface area contributed by atoms with Gasteiger partial charge in [0.15, 0.2) is 0 Å². The third-order valence-electron chi connectivity index (χ3n) is 4.61. The molecule has 9 heteroatoms. The largest absolute Gasteiger partial charge is 0.379 e. The van der Waals surface area contributed by atoms with E-state index in [0.29, 0.717) is 26.3 Å². The number of nitrogens with two attached hydrogens (primary N) is 1. The van der Waals surface area contributed by atoms with E-state index in [1.807, 2.05) is 0 Å². The van der Waals surface area contributed by atoms with Crippen LogP contribution in [0.25, 0.3) is 0 Å². The number of sulfonamides is 1. The third kappa shape index (κ3) is 3.52. The summed E-state index contributed by atoms with van der Waals surface area (Å²) in [6, 6.07) is 3.40. The Hall–Kier alpha value is -1.71. The smallest absolute Gasteiger partial charge is 0.274 e. The lowest BCUT2D eigenvalue weighted by Gasteiger charge is -2.27. The van der Waals surface area contributed by atoms with E-state index in [9.17, 15) is 13.2 Å². The number of nitrogens with one attached hydrogen (secondary N) is 1. The summed E-state index contributed by atoms with van der Waals surface area (Å²) in [6.45, 7) is 3.06. The maximum atomic E-state index is 12.6. The number of aromatic amines is 1. The van der Waals surface area contributed by atoms with Crippen LogP contribution in [0.5, 0.6) is 0 Å². The van der Waals surface area contributed by atoms with E-state index in [2.05, 4.69) is 9.88 Å². The highest BCUT2D eigenvalue weighted by molar-refractivity contribution is 7.89. The van der Waals surface area contributed by atoms with Gasteiger partial charge in [0.2, 0.25) is 15.9 Å². The zero-order valence-electron chi connectivity index (χ0n) is 13.5. The maximum Gasteiger partial charge on any atom is 0.274 e. The molecule has 3 N–H and O–H groups in total. The first-order valence-electron chi connectivity index (χ1n) is 8.12. The van der Waals surface area contributed by atoms with Gasteiger partial charge in [0.25, 0.3) is 5.82 Å². The molecule has 132 valence electrons. The van der Waals surface area contributed by atoms with Gasteiger partial charge in [0, 0.05) is 25.1 Å². The number of primary amides is 1. The number of rotatable bonds is 4. The van der Waals surface area contributed by atoms with Crippen molar-refractivity contribution < 1.29 is 22.9 Å². The maximum absolute atomic E-state index is 12.6. The van der Waals surface area contributed by atoms with E-state index in [4.69, 9.17) is 10.5 Å². The fourth-order valence-electron chi connectivity index (χ4n) is 3.10. The molecule has 8 nitrogen and oxygen atoms in total. The molecule has 2 fully saturated rings. The van der Waals surface area contributed by atoms with Crippen LogP contribution in [0, 0.1) is 5.92 Å². The van der Waals surface area contributed by atoms with Crippen LogP contribution in [-0.4, -0.2) is 58.0 Å². The van der Waals surface area contributed by atoms with Gasteiger partial charge in [-0.1, -0.05) is 0 Å². The van der Waals surface area contributed by atoms with E-state index in [-0.39, 0.29) is 16.7 Å². The molecule has 1 aromatic rings. The number of anilines is 1. The zero-order valence-corrected chi connectivity index (χ0v) is 14.3. The molecule has 24 heavy (non-hydrogen) atoms. The van der Waals surface area contributed by atoms with E-state index in [0.717, 1.165) is 31.7 Å². The van der Waals surface area contributed by atoms with E-state index in [1.165, 1.54) is 10.5 Å². The van der Waals surface area contributed by atoms with Gasteiger partial charge in [0.1, 0.15) is 11.1 Å². The van der Waals surface area contributed by atoms with Crippen molar-refractivity contribution >= 4 is 21.7 Å². The number of carbonyl (C=O) groups excluding carboxylic acids is 1. The van der Waals surface area contributed by atoms with E-state index >= 15 is 0 Å². The molecule has 2 saturated heterocycles. The third-order valence-corrected chi connectivity index (χ3v) is 6.51. The molecule has 1 amide bonds. The number of carbonyl (C=O) groups is 1. The Bertz CT molecular complexity index is 678. The van der Waals surface area contributed by atoms with Gasteiger partial charge in [-0.3, -0.25) is 9.69 Å². The number of piperidine rings is 1. The number of pyridine rings is 1. The molecular weight excluding hydrogens is 332 g/mol. The van der Waals surface area contributed by atoms with Crippen LogP contribution in [0.15, 0.2) is 23.2 Å². The first-order chi connectivity index (χ1) is 11.5. The predicted molar refractivity (Wildman–Crippen MR) is 86.7 cm³/mol. The molecule has 0 aromatic carbocycles. The molecule has 0 saturated carbocycles. The lowest BCUT2D eigenvalue weighted by atomic mass is 9.96. The number of aromatic nitrogens is 1. The van der Waals surface area contributed by atoms with Crippen LogP contribution in [0.1, 0.15) is 12.8 Å². The van der Waals surface area contributed by atoms with Crippen molar-refractivity contribution in [1.82, 2.24) is 4.31 Å². The second-order valence-corrected chi connectivity index (χ2v) is 8.03. The summed E-state index contributed by atoms with van der Waals surface area (Å²) >= 11 is 0. The monoisotopic (exact) mass is 355 g/mol. The van der Waals surface area contributed by atoms with Crippen molar-refractivity contribution in [2.45, 2.75) is 17.7 Å². The summed E-state index contributed by atoms with van der Waals surface area (Å²) in [6.07, 6.45) is 2.97. The number of nitrogens with zero attached hydrogens (tertiary/aromatic N) is 2. The first kappa shape index (κ1) is 17.1. The topological polar surface area (TPSA) is 107 Å². The minimum atomic E-state index is -3.49. The summed E-state index contributed by atoms with van der Waals surface area (Å²) < 4.78 is 31.8. The van der Waals surface area contributed by atoms with Crippen LogP contribution >= 0.6 is 0 Å². The van der Waals surface area contributed by atoms with Crippen molar-refractivity contribution in [1.29, 1.82) is 0 Å². The summed E-state index contributed by atoms with van der Waals surface area (Å²) in [7, 11) is -3.49. The Kier molecular flexibility index (Phi) is 5.02. The van der Waals surface area contributed by atoms with Gasteiger partial charge in [-0.05, 0) is 18.9 Å². The van der Waals surface area contributed by atoms with Crippen LogP contribution in [0.4, 0.5) is 5.82 Å². The van der Waals surface area contributed by atoms with Crippen LogP contribution < -0.4 is 15.6 Å². The molecule has 3 rings (SSSR count). The lowest BCUT2D eigenvalue weighted by molar-refractivity contribution is -0.367. The highest BCUT2D eigenvalue weighted by Crippen LogP contribution is 2.22. The second kappa shape index (κ2) is 7.04. The minimum absolute atomic E-state index is 0.0674. The number of hydrogen-bond acceptors (Lipinski definition) is 5. The van der Waals surface area contributed by atoms with Crippen LogP contribution in [-0.2, 0) is 19.6 Å². The summed E-state index contributed by atoms with van der Waals surface area (Å²) in [4.78, 5) is 16.6. The van der Waals surface area contributed by atoms with Gasteiger partial charge in [0.05, 0.1) is 26.3 Å². The lowest BCUT2D eigenvalue weighted by Crippen LogP contribution is -2.42. The first-order valence-corrected chi connectivity index (χ1v) is 9.56. The normalized spacial score (nSPS) is 20.9. The number of amides is 1. The molecule has 2 aliphatic rings. The van der Waals surface area contributed by atoms with Gasteiger partial charge < -0.3 is 10.5 Å². The van der Waals surface area contributed by atoms with Crippen molar-refractivity contribution in [3.05, 3.63) is 18.3 Å². The molecular formula is C15H23N4O4S+. The predicted octanol–water partition coefficient (Wildman–Crippen LogP) is -0.777.